The van der Waals surface area contributed by atoms with E-state index < -0.39 is 0 Å². The normalized spacial score (nSPS) is 10.7. The zero-order valence-electron chi connectivity index (χ0n) is 10.4. The van der Waals surface area contributed by atoms with Crippen molar-refractivity contribution in [1.82, 2.24) is 14.6 Å². The molecule has 0 radical (unpaired) electrons. The molecule has 2 N–H and O–H groups in total. The number of amides is 1. The minimum Gasteiger partial charge on any atom is -0.373 e. The zero-order valence-corrected chi connectivity index (χ0v) is 12.8. The Labute approximate surface area is 127 Å². The molecule has 3 rings (SSSR count). The van der Waals surface area contributed by atoms with Gasteiger partial charge in [0.2, 0.25) is 0 Å². The molecule has 0 aromatic carbocycles. The Morgan fingerprint density at radius 1 is 1.45 bits per heavy atom. The summed E-state index contributed by atoms with van der Waals surface area (Å²) in [6, 6.07) is 3.63. The lowest BCUT2D eigenvalue weighted by atomic mass is 10.3. The van der Waals surface area contributed by atoms with Gasteiger partial charge >= 0.3 is 0 Å². The van der Waals surface area contributed by atoms with Gasteiger partial charge in [-0.15, -0.1) is 11.3 Å². The molecule has 0 aliphatic heterocycles. The molecule has 0 aliphatic carbocycles. The summed E-state index contributed by atoms with van der Waals surface area (Å²) in [6.45, 7) is 0. The average Bonchev–Trinajstić information content (AvgIpc) is 3.04. The average molecular weight is 352 g/mol. The van der Waals surface area contributed by atoms with E-state index in [1.165, 1.54) is 17.5 Å². The highest BCUT2D eigenvalue weighted by Crippen LogP contribution is 2.28. The van der Waals surface area contributed by atoms with E-state index in [9.17, 15) is 4.79 Å². The fraction of sp³-hybridized carbons (Fsp3) is 0.0833. The van der Waals surface area contributed by atoms with Crippen LogP contribution in [0.3, 0.4) is 0 Å². The topological polar surface area (TPSA) is 71.3 Å². The van der Waals surface area contributed by atoms with Crippen molar-refractivity contribution in [1.29, 1.82) is 0 Å². The maximum absolute atomic E-state index is 12.3. The molecule has 0 aliphatic rings. The summed E-state index contributed by atoms with van der Waals surface area (Å²) >= 11 is 4.90. The van der Waals surface area contributed by atoms with E-state index in [1.807, 2.05) is 11.4 Å². The summed E-state index contributed by atoms with van der Waals surface area (Å²) in [5, 5.41) is 11.8. The number of carbonyl (C=O) groups is 1. The quantitative estimate of drug-likeness (QED) is 0.760. The van der Waals surface area contributed by atoms with E-state index in [0.29, 0.717) is 17.0 Å². The number of carbonyl (C=O) groups excluding carboxylic acids is 1. The summed E-state index contributed by atoms with van der Waals surface area (Å²) in [4.78, 5) is 16.6. The van der Waals surface area contributed by atoms with Gasteiger partial charge in [0, 0.05) is 13.2 Å². The van der Waals surface area contributed by atoms with Crippen LogP contribution in [0.5, 0.6) is 0 Å². The Balaban J connectivity index is 1.97. The van der Waals surface area contributed by atoms with Crippen molar-refractivity contribution in [2.24, 2.45) is 0 Å². The van der Waals surface area contributed by atoms with Crippen molar-refractivity contribution in [3.05, 3.63) is 39.3 Å². The number of nitrogens with one attached hydrogen (secondary N) is 2. The monoisotopic (exact) mass is 351 g/mol. The Kier molecular flexibility index (Phi) is 3.41. The lowest BCUT2D eigenvalue weighted by Crippen LogP contribution is -2.12. The Bertz CT molecular complexity index is 781. The molecule has 8 heteroatoms. The van der Waals surface area contributed by atoms with Gasteiger partial charge in [0.1, 0.15) is 11.4 Å². The van der Waals surface area contributed by atoms with Gasteiger partial charge in [0.25, 0.3) is 5.91 Å². The highest BCUT2D eigenvalue weighted by atomic mass is 79.9. The van der Waals surface area contributed by atoms with Crippen molar-refractivity contribution in [2.45, 2.75) is 0 Å². The van der Waals surface area contributed by atoms with E-state index in [4.69, 9.17) is 0 Å². The fourth-order valence-electron chi connectivity index (χ4n) is 1.74. The van der Waals surface area contributed by atoms with Gasteiger partial charge in [-0.3, -0.25) is 4.79 Å². The first-order valence-electron chi connectivity index (χ1n) is 5.75. The first-order valence-corrected chi connectivity index (χ1v) is 7.43. The predicted octanol–water partition coefficient (Wildman–Crippen LogP) is 2.85. The van der Waals surface area contributed by atoms with Crippen molar-refractivity contribution in [3.63, 3.8) is 0 Å². The molecule has 0 unspecified atom stereocenters. The van der Waals surface area contributed by atoms with Crippen molar-refractivity contribution in [3.8, 4) is 0 Å². The molecule has 0 saturated heterocycles. The Morgan fingerprint density at radius 2 is 2.30 bits per heavy atom. The molecular weight excluding hydrogens is 342 g/mol. The molecule has 0 spiro atoms. The van der Waals surface area contributed by atoms with Crippen LogP contribution in [-0.2, 0) is 0 Å². The number of thiophene rings is 1. The first-order chi connectivity index (χ1) is 9.69. The molecule has 3 aromatic heterocycles. The van der Waals surface area contributed by atoms with Crippen molar-refractivity contribution < 1.29 is 4.79 Å². The van der Waals surface area contributed by atoms with E-state index in [2.05, 4.69) is 36.6 Å². The third-order valence-electron chi connectivity index (χ3n) is 2.74. The van der Waals surface area contributed by atoms with Crippen LogP contribution in [0, 0.1) is 0 Å². The van der Waals surface area contributed by atoms with Gasteiger partial charge < -0.3 is 10.6 Å². The van der Waals surface area contributed by atoms with Crippen LogP contribution in [0.2, 0.25) is 0 Å². The smallest absolute Gasteiger partial charge is 0.261 e. The largest absolute Gasteiger partial charge is 0.373 e. The maximum atomic E-state index is 12.3. The summed E-state index contributed by atoms with van der Waals surface area (Å²) in [5.74, 6) is 0.448. The summed E-state index contributed by atoms with van der Waals surface area (Å²) in [6.07, 6.45) is 3.27. The third-order valence-corrected chi connectivity index (χ3v) is 4.42. The van der Waals surface area contributed by atoms with E-state index in [-0.39, 0.29) is 5.91 Å². The summed E-state index contributed by atoms with van der Waals surface area (Å²) in [5.41, 5.74) is 1.69. The molecule has 20 heavy (non-hydrogen) atoms. The van der Waals surface area contributed by atoms with E-state index >= 15 is 0 Å². The second kappa shape index (κ2) is 5.22. The van der Waals surface area contributed by atoms with Crippen LogP contribution in [0.25, 0.3) is 5.65 Å². The molecule has 0 bridgehead atoms. The highest BCUT2D eigenvalue weighted by molar-refractivity contribution is 9.11. The minimum atomic E-state index is -0.236. The van der Waals surface area contributed by atoms with Gasteiger partial charge in [0.15, 0.2) is 5.65 Å². The predicted molar refractivity (Wildman–Crippen MR) is 82.5 cm³/mol. The van der Waals surface area contributed by atoms with Gasteiger partial charge in [-0.2, -0.15) is 5.10 Å². The van der Waals surface area contributed by atoms with Crippen LogP contribution in [-0.4, -0.2) is 27.6 Å². The van der Waals surface area contributed by atoms with Crippen LogP contribution >= 0.6 is 27.3 Å². The highest BCUT2D eigenvalue weighted by Gasteiger charge is 2.15. The Morgan fingerprint density at radius 3 is 3.00 bits per heavy atom. The van der Waals surface area contributed by atoms with Crippen LogP contribution in [0.15, 0.2) is 33.7 Å². The Hall–Kier alpha value is -1.93. The third kappa shape index (κ3) is 2.27. The lowest BCUT2D eigenvalue weighted by molar-refractivity contribution is 0.102. The summed E-state index contributed by atoms with van der Waals surface area (Å²) < 4.78 is 2.45. The minimum absolute atomic E-state index is 0.236. The maximum Gasteiger partial charge on any atom is 0.261 e. The van der Waals surface area contributed by atoms with Gasteiger partial charge in [-0.05, 0) is 33.4 Å². The molecular formula is C12H10BrN5OS. The number of halogens is 1. The van der Waals surface area contributed by atoms with Crippen LogP contribution < -0.4 is 10.6 Å². The first kappa shape index (κ1) is 13.1. The standard InChI is InChI=1S/C12H10BrN5OS/c1-14-9-2-4-18-11(17-9)7(6-15-18)12(19)16-8-3-5-20-10(8)13/h2-6H,1H3,(H,14,17)(H,16,19). The van der Waals surface area contributed by atoms with Crippen LogP contribution in [0.4, 0.5) is 11.5 Å². The molecule has 1 amide bonds. The zero-order chi connectivity index (χ0) is 14.1. The molecule has 0 atom stereocenters. The van der Waals surface area contributed by atoms with Gasteiger partial charge in [-0.1, -0.05) is 0 Å². The summed E-state index contributed by atoms with van der Waals surface area (Å²) in [7, 11) is 1.78. The number of fused-ring (bicyclic) bond motifs is 1. The van der Waals surface area contributed by atoms with Gasteiger partial charge in [-0.25, -0.2) is 9.50 Å². The van der Waals surface area contributed by atoms with Crippen LogP contribution in [0.1, 0.15) is 10.4 Å². The number of rotatable bonds is 3. The fourth-order valence-corrected chi connectivity index (χ4v) is 2.86. The SMILES string of the molecule is CNc1ccn2ncc(C(=O)Nc3ccsc3Br)c2n1. The van der Waals surface area contributed by atoms with Crippen molar-refractivity contribution >= 4 is 50.3 Å². The molecule has 3 heterocycles. The van der Waals surface area contributed by atoms with Gasteiger partial charge in [0.05, 0.1) is 15.7 Å². The number of anilines is 2. The number of hydrogen-bond donors (Lipinski definition) is 2. The second-order valence-electron chi connectivity index (χ2n) is 3.95. The molecule has 6 nitrogen and oxygen atoms in total. The van der Waals surface area contributed by atoms with Crippen molar-refractivity contribution in [2.75, 3.05) is 17.7 Å². The molecule has 0 fully saturated rings. The molecule has 102 valence electrons. The second-order valence-corrected chi connectivity index (χ2v) is 6.19. The number of aromatic nitrogens is 3. The number of nitrogens with zero attached hydrogens (tertiary/aromatic N) is 3. The van der Waals surface area contributed by atoms with E-state index in [0.717, 1.165) is 9.47 Å². The molecule has 0 saturated carbocycles. The number of hydrogen-bond acceptors (Lipinski definition) is 5. The lowest BCUT2D eigenvalue weighted by Gasteiger charge is -2.03. The van der Waals surface area contributed by atoms with E-state index in [1.54, 1.807) is 23.8 Å². The molecule has 3 aromatic rings.